The number of nitrogens with zero attached hydrogens (tertiary/aromatic N) is 3. The number of hydrogen-bond acceptors (Lipinski definition) is 4. The highest BCUT2D eigenvalue weighted by Crippen LogP contribution is 2.31. The molecule has 0 bridgehead atoms. The lowest BCUT2D eigenvalue weighted by atomic mass is 9.75. The van der Waals surface area contributed by atoms with Gasteiger partial charge in [0.15, 0.2) is 5.82 Å². The summed E-state index contributed by atoms with van der Waals surface area (Å²) in [7, 11) is 1.85. The summed E-state index contributed by atoms with van der Waals surface area (Å²) < 4.78 is 1.78. The van der Waals surface area contributed by atoms with E-state index < -0.39 is 0 Å². The van der Waals surface area contributed by atoms with Gasteiger partial charge in [0.05, 0.1) is 6.54 Å². The third-order valence-corrected chi connectivity index (χ3v) is 3.11. The summed E-state index contributed by atoms with van der Waals surface area (Å²) in [6, 6.07) is 0. The molecular weight excluding hydrogens is 206 g/mol. The molecule has 88 valence electrons. The summed E-state index contributed by atoms with van der Waals surface area (Å²) in [5.74, 6) is 0.734. The first-order valence-electron chi connectivity index (χ1n) is 5.47. The molecule has 1 fully saturated rings. The Bertz CT molecular complexity index is 382. The maximum atomic E-state index is 11.6. The van der Waals surface area contributed by atoms with Crippen LogP contribution in [0.15, 0.2) is 6.33 Å². The molecule has 0 saturated heterocycles. The average molecular weight is 223 g/mol. The zero-order valence-electron chi connectivity index (χ0n) is 9.44. The van der Waals surface area contributed by atoms with Crippen LogP contribution < -0.4 is 11.1 Å². The van der Waals surface area contributed by atoms with Crippen LogP contribution in [0.3, 0.4) is 0 Å². The molecule has 1 amide bonds. The van der Waals surface area contributed by atoms with Crippen LogP contribution >= 0.6 is 0 Å². The van der Waals surface area contributed by atoms with E-state index in [1.165, 1.54) is 0 Å². The zero-order valence-corrected chi connectivity index (χ0v) is 9.44. The van der Waals surface area contributed by atoms with Gasteiger partial charge in [0.25, 0.3) is 0 Å². The lowest BCUT2D eigenvalue weighted by molar-refractivity contribution is -0.123. The van der Waals surface area contributed by atoms with Crippen molar-refractivity contribution in [1.29, 1.82) is 0 Å². The SMILES string of the molecule is Cn1cnnc1CNC(=O)CC1(N)CCC1. The summed E-state index contributed by atoms with van der Waals surface area (Å²) in [6.07, 6.45) is 5.05. The molecule has 0 atom stereocenters. The third-order valence-electron chi connectivity index (χ3n) is 3.11. The van der Waals surface area contributed by atoms with E-state index >= 15 is 0 Å². The van der Waals surface area contributed by atoms with Crippen molar-refractivity contribution in [2.24, 2.45) is 12.8 Å². The van der Waals surface area contributed by atoms with Gasteiger partial charge in [-0.25, -0.2) is 0 Å². The highest BCUT2D eigenvalue weighted by Gasteiger charge is 2.34. The number of carbonyl (C=O) groups excluding carboxylic acids is 1. The van der Waals surface area contributed by atoms with E-state index in [0.717, 1.165) is 25.1 Å². The number of nitrogens with one attached hydrogen (secondary N) is 1. The highest BCUT2D eigenvalue weighted by atomic mass is 16.1. The quantitative estimate of drug-likeness (QED) is 0.734. The molecule has 16 heavy (non-hydrogen) atoms. The Balaban J connectivity index is 1.78. The molecule has 1 saturated carbocycles. The summed E-state index contributed by atoms with van der Waals surface area (Å²) in [4.78, 5) is 11.6. The predicted molar refractivity (Wildman–Crippen MR) is 58.2 cm³/mol. The van der Waals surface area contributed by atoms with Gasteiger partial charge in [0.2, 0.25) is 5.91 Å². The molecule has 6 nitrogen and oxygen atoms in total. The van der Waals surface area contributed by atoms with Crippen molar-refractivity contribution >= 4 is 5.91 Å². The molecule has 0 unspecified atom stereocenters. The van der Waals surface area contributed by atoms with E-state index in [1.54, 1.807) is 10.9 Å². The zero-order chi connectivity index (χ0) is 11.6. The highest BCUT2D eigenvalue weighted by molar-refractivity contribution is 5.77. The fourth-order valence-corrected chi connectivity index (χ4v) is 1.83. The molecule has 0 radical (unpaired) electrons. The molecule has 1 aliphatic rings. The van der Waals surface area contributed by atoms with E-state index in [-0.39, 0.29) is 11.4 Å². The van der Waals surface area contributed by atoms with Crippen LogP contribution in [-0.2, 0) is 18.4 Å². The van der Waals surface area contributed by atoms with E-state index in [1.807, 2.05) is 7.05 Å². The van der Waals surface area contributed by atoms with Crippen molar-refractivity contribution in [2.45, 2.75) is 37.8 Å². The van der Waals surface area contributed by atoms with Crippen LogP contribution in [0.5, 0.6) is 0 Å². The molecule has 6 heteroatoms. The number of hydrogen-bond donors (Lipinski definition) is 2. The van der Waals surface area contributed by atoms with Gasteiger partial charge in [-0.2, -0.15) is 0 Å². The van der Waals surface area contributed by atoms with Crippen LogP contribution in [-0.4, -0.2) is 26.2 Å². The molecule has 1 aromatic rings. The standard InChI is InChI=1S/C10H17N5O/c1-15-7-13-14-8(15)6-12-9(16)5-10(11)3-2-4-10/h7H,2-6,11H2,1H3,(H,12,16). The van der Waals surface area contributed by atoms with Crippen molar-refractivity contribution in [2.75, 3.05) is 0 Å². The van der Waals surface area contributed by atoms with Crippen LogP contribution in [0.2, 0.25) is 0 Å². The third kappa shape index (κ3) is 2.38. The van der Waals surface area contributed by atoms with Crippen molar-refractivity contribution in [3.8, 4) is 0 Å². The monoisotopic (exact) mass is 223 g/mol. The van der Waals surface area contributed by atoms with Crippen LogP contribution in [0, 0.1) is 0 Å². The van der Waals surface area contributed by atoms with Gasteiger partial charge in [-0.05, 0) is 19.3 Å². The normalized spacial score (nSPS) is 17.9. The van der Waals surface area contributed by atoms with Crippen LogP contribution in [0.25, 0.3) is 0 Å². The lowest BCUT2D eigenvalue weighted by Gasteiger charge is -2.37. The Labute approximate surface area is 94.2 Å². The van der Waals surface area contributed by atoms with E-state index in [2.05, 4.69) is 15.5 Å². The Morgan fingerprint density at radius 2 is 2.44 bits per heavy atom. The summed E-state index contributed by atoms with van der Waals surface area (Å²) in [6.45, 7) is 0.408. The van der Waals surface area contributed by atoms with E-state index in [4.69, 9.17) is 5.73 Å². The maximum Gasteiger partial charge on any atom is 0.222 e. The van der Waals surface area contributed by atoms with Gasteiger partial charge in [0.1, 0.15) is 6.33 Å². The second-order valence-corrected chi connectivity index (χ2v) is 4.53. The topological polar surface area (TPSA) is 85.8 Å². The lowest BCUT2D eigenvalue weighted by Crippen LogP contribution is -2.49. The molecular formula is C10H17N5O. The van der Waals surface area contributed by atoms with Gasteiger partial charge in [0, 0.05) is 19.0 Å². The molecule has 3 N–H and O–H groups in total. The smallest absolute Gasteiger partial charge is 0.222 e. The number of rotatable bonds is 4. The first kappa shape index (κ1) is 11.1. The minimum Gasteiger partial charge on any atom is -0.349 e. The fourth-order valence-electron chi connectivity index (χ4n) is 1.83. The van der Waals surface area contributed by atoms with Crippen molar-refractivity contribution in [3.63, 3.8) is 0 Å². The van der Waals surface area contributed by atoms with Gasteiger partial charge >= 0.3 is 0 Å². The molecule has 0 spiro atoms. The minimum absolute atomic E-state index is 0.00907. The van der Waals surface area contributed by atoms with Crippen LogP contribution in [0.1, 0.15) is 31.5 Å². The number of aryl methyl sites for hydroxylation is 1. The van der Waals surface area contributed by atoms with Crippen LogP contribution in [0.4, 0.5) is 0 Å². The van der Waals surface area contributed by atoms with Gasteiger partial charge in [-0.15, -0.1) is 10.2 Å². The molecule has 0 aliphatic heterocycles. The van der Waals surface area contributed by atoms with Crippen molar-refractivity contribution < 1.29 is 4.79 Å². The molecule has 1 aromatic heterocycles. The number of nitrogens with two attached hydrogens (primary N) is 1. The van der Waals surface area contributed by atoms with Crippen molar-refractivity contribution in [3.05, 3.63) is 12.2 Å². The largest absolute Gasteiger partial charge is 0.349 e. The van der Waals surface area contributed by atoms with Crippen molar-refractivity contribution in [1.82, 2.24) is 20.1 Å². The van der Waals surface area contributed by atoms with E-state index in [0.29, 0.717) is 13.0 Å². The predicted octanol–water partition coefficient (Wildman–Crippen LogP) is -0.297. The summed E-state index contributed by atoms with van der Waals surface area (Å²) in [5, 5.41) is 10.4. The second kappa shape index (κ2) is 4.21. The Kier molecular flexibility index (Phi) is 2.91. The summed E-state index contributed by atoms with van der Waals surface area (Å²) >= 11 is 0. The maximum absolute atomic E-state index is 11.6. The number of amides is 1. The van der Waals surface area contributed by atoms with E-state index in [9.17, 15) is 4.79 Å². The Morgan fingerprint density at radius 1 is 1.69 bits per heavy atom. The fraction of sp³-hybridized carbons (Fsp3) is 0.700. The molecule has 1 heterocycles. The van der Waals surface area contributed by atoms with Gasteiger partial charge < -0.3 is 15.6 Å². The molecule has 1 aliphatic carbocycles. The molecule has 0 aromatic carbocycles. The Hall–Kier alpha value is -1.43. The van der Waals surface area contributed by atoms with Gasteiger partial charge in [-0.3, -0.25) is 4.79 Å². The first-order chi connectivity index (χ1) is 7.59. The summed E-state index contributed by atoms with van der Waals surface area (Å²) in [5.41, 5.74) is 5.73. The number of aromatic nitrogens is 3. The average Bonchev–Trinajstić information content (AvgIpc) is 2.59. The second-order valence-electron chi connectivity index (χ2n) is 4.53. The minimum atomic E-state index is -0.260. The first-order valence-corrected chi connectivity index (χ1v) is 5.47. The van der Waals surface area contributed by atoms with Gasteiger partial charge in [-0.1, -0.05) is 0 Å². The molecule has 2 rings (SSSR count). The number of carbonyl (C=O) groups is 1. The Morgan fingerprint density at radius 3 is 2.94 bits per heavy atom.